The first kappa shape index (κ1) is 20.0. The summed E-state index contributed by atoms with van der Waals surface area (Å²) in [7, 11) is 1.59. The van der Waals surface area contributed by atoms with E-state index in [1.54, 1.807) is 7.11 Å². The first-order valence-corrected chi connectivity index (χ1v) is 10.4. The van der Waals surface area contributed by atoms with Crippen molar-refractivity contribution < 1.29 is 14.3 Å². The molecule has 154 valence electrons. The fraction of sp³-hybridized carbons (Fsp3) is 0.300. The first-order chi connectivity index (χ1) is 14.5. The van der Waals surface area contributed by atoms with Gasteiger partial charge in [0.2, 0.25) is 17.0 Å². The van der Waals surface area contributed by atoms with E-state index >= 15 is 0 Å². The van der Waals surface area contributed by atoms with E-state index in [0.29, 0.717) is 40.8 Å². The second-order valence-corrected chi connectivity index (χ2v) is 7.94. The Labute approximate surface area is 177 Å². The average Bonchev–Trinajstić information content (AvgIpc) is 3.20. The fourth-order valence-corrected chi connectivity index (χ4v) is 3.86. The predicted octanol–water partition coefficient (Wildman–Crippen LogP) is 2.77. The number of hydrogen-bond acceptors (Lipinski definition) is 8. The van der Waals surface area contributed by atoms with Crippen molar-refractivity contribution in [1.29, 1.82) is 0 Å². The Balaban J connectivity index is 1.37. The molecule has 1 aliphatic rings. The van der Waals surface area contributed by atoms with E-state index in [2.05, 4.69) is 30.5 Å². The molecule has 0 spiro atoms. The smallest absolute Gasteiger partial charge is 0.237 e. The van der Waals surface area contributed by atoms with E-state index in [0.717, 1.165) is 5.56 Å². The number of carbonyl (C=O) groups excluding carboxylic acids is 2. The maximum atomic E-state index is 12.3. The van der Waals surface area contributed by atoms with Gasteiger partial charge < -0.3 is 4.74 Å². The minimum Gasteiger partial charge on any atom is -0.496 e. The molecule has 9 nitrogen and oxygen atoms in total. The lowest BCUT2D eigenvalue weighted by Crippen LogP contribution is -2.22. The van der Waals surface area contributed by atoms with E-state index in [1.165, 1.54) is 18.0 Å². The Morgan fingerprint density at radius 3 is 2.93 bits per heavy atom. The summed E-state index contributed by atoms with van der Waals surface area (Å²) in [5.74, 6) is 1.55. The largest absolute Gasteiger partial charge is 0.496 e. The summed E-state index contributed by atoms with van der Waals surface area (Å²) >= 11 is 1.19. The SMILES string of the molecule is COc1ccccc1-c1nc(SCC(=O)Nc2ncc3c(n2)C[C@H](C)CC3=O)n[nH]1. The van der Waals surface area contributed by atoms with Gasteiger partial charge >= 0.3 is 0 Å². The standard InChI is InChI=1S/C20H20N6O3S/c1-11-7-14-13(15(27)8-11)9-21-19(22-14)23-17(28)10-30-20-24-18(25-26-20)12-5-3-4-6-16(12)29-2/h3-6,9,11H,7-8,10H2,1-2H3,(H,24,25,26)(H,21,22,23,28)/t11-/m0/s1. The lowest BCUT2D eigenvalue weighted by molar-refractivity contribution is -0.113. The molecule has 1 amide bonds. The number of aromatic nitrogens is 5. The van der Waals surface area contributed by atoms with Gasteiger partial charge in [-0.2, -0.15) is 0 Å². The van der Waals surface area contributed by atoms with Crippen LogP contribution in [0.1, 0.15) is 29.4 Å². The van der Waals surface area contributed by atoms with Crippen LogP contribution < -0.4 is 10.1 Å². The van der Waals surface area contributed by atoms with Crippen LogP contribution in [0.15, 0.2) is 35.6 Å². The van der Waals surface area contributed by atoms with E-state index < -0.39 is 0 Å². The Kier molecular flexibility index (Phi) is 5.75. The number of ketones is 1. The molecular formula is C20H20N6O3S. The number of aromatic amines is 1. The summed E-state index contributed by atoms with van der Waals surface area (Å²) in [4.78, 5) is 37.2. The third-order valence-electron chi connectivity index (χ3n) is 4.65. The van der Waals surface area contributed by atoms with Crippen LogP contribution in [0.3, 0.4) is 0 Å². The van der Waals surface area contributed by atoms with Gasteiger partial charge in [0, 0.05) is 12.6 Å². The summed E-state index contributed by atoms with van der Waals surface area (Å²) in [6.45, 7) is 2.01. The van der Waals surface area contributed by atoms with Crippen LogP contribution in [-0.2, 0) is 11.2 Å². The molecule has 0 saturated carbocycles. The first-order valence-electron chi connectivity index (χ1n) is 9.41. The molecule has 0 aliphatic heterocycles. The predicted molar refractivity (Wildman–Crippen MR) is 112 cm³/mol. The fourth-order valence-electron chi connectivity index (χ4n) is 3.26. The average molecular weight is 424 g/mol. The van der Waals surface area contributed by atoms with Crippen molar-refractivity contribution >= 4 is 29.4 Å². The molecule has 2 heterocycles. The van der Waals surface area contributed by atoms with Crippen molar-refractivity contribution in [2.45, 2.75) is 24.9 Å². The van der Waals surface area contributed by atoms with Crippen molar-refractivity contribution in [2.24, 2.45) is 5.92 Å². The Bertz CT molecular complexity index is 1100. The molecule has 2 N–H and O–H groups in total. The zero-order chi connectivity index (χ0) is 21.1. The normalized spacial score (nSPS) is 15.5. The number of H-pyrrole nitrogens is 1. The zero-order valence-electron chi connectivity index (χ0n) is 16.5. The molecule has 0 unspecified atom stereocenters. The molecule has 1 atom stereocenters. The van der Waals surface area contributed by atoms with Gasteiger partial charge in [-0.3, -0.25) is 20.0 Å². The Morgan fingerprint density at radius 2 is 2.10 bits per heavy atom. The van der Waals surface area contributed by atoms with E-state index in [4.69, 9.17) is 4.74 Å². The van der Waals surface area contributed by atoms with Gasteiger partial charge in [-0.15, -0.1) is 5.10 Å². The number of anilines is 1. The maximum Gasteiger partial charge on any atom is 0.237 e. The molecule has 0 radical (unpaired) electrons. The molecule has 1 aromatic carbocycles. The van der Waals surface area contributed by atoms with Crippen molar-refractivity contribution in [1.82, 2.24) is 25.1 Å². The van der Waals surface area contributed by atoms with Crippen LogP contribution in [0, 0.1) is 5.92 Å². The molecule has 0 fully saturated rings. The summed E-state index contributed by atoms with van der Waals surface area (Å²) < 4.78 is 5.33. The maximum absolute atomic E-state index is 12.3. The number of amides is 1. The Morgan fingerprint density at radius 1 is 1.27 bits per heavy atom. The van der Waals surface area contributed by atoms with Gasteiger partial charge in [-0.25, -0.2) is 15.0 Å². The molecule has 3 aromatic rings. The minimum atomic E-state index is -0.279. The van der Waals surface area contributed by atoms with Gasteiger partial charge in [0.25, 0.3) is 0 Å². The molecule has 4 rings (SSSR count). The molecule has 30 heavy (non-hydrogen) atoms. The van der Waals surface area contributed by atoms with Crippen LogP contribution in [0.5, 0.6) is 5.75 Å². The highest BCUT2D eigenvalue weighted by atomic mass is 32.2. The number of rotatable bonds is 6. The highest BCUT2D eigenvalue weighted by Gasteiger charge is 2.24. The van der Waals surface area contributed by atoms with Gasteiger partial charge in [-0.1, -0.05) is 30.8 Å². The second kappa shape index (κ2) is 8.62. The van der Waals surface area contributed by atoms with E-state index in [-0.39, 0.29) is 29.3 Å². The molecule has 0 bridgehead atoms. The number of Topliss-reactive ketones (excluding diaryl/α,β-unsaturated/α-hetero) is 1. The number of carbonyl (C=O) groups is 2. The van der Waals surface area contributed by atoms with Crippen LogP contribution in [-0.4, -0.2) is 49.7 Å². The van der Waals surface area contributed by atoms with Crippen molar-refractivity contribution in [3.8, 4) is 17.1 Å². The number of nitrogens with zero attached hydrogens (tertiary/aromatic N) is 4. The molecule has 10 heteroatoms. The van der Waals surface area contributed by atoms with Gasteiger partial charge in [0.05, 0.1) is 29.7 Å². The topological polar surface area (TPSA) is 123 Å². The van der Waals surface area contributed by atoms with E-state index in [1.807, 2.05) is 31.2 Å². The third kappa shape index (κ3) is 4.33. The van der Waals surface area contributed by atoms with Gasteiger partial charge in [-0.05, 0) is 24.5 Å². The zero-order valence-corrected chi connectivity index (χ0v) is 17.3. The van der Waals surface area contributed by atoms with Crippen LogP contribution in [0.25, 0.3) is 11.4 Å². The number of thioether (sulfide) groups is 1. The molecule has 0 saturated heterocycles. The molecule has 1 aliphatic carbocycles. The quantitative estimate of drug-likeness (QED) is 0.579. The summed E-state index contributed by atoms with van der Waals surface area (Å²) in [5, 5.41) is 10.1. The molecule has 2 aromatic heterocycles. The second-order valence-electron chi connectivity index (χ2n) is 6.99. The monoisotopic (exact) mass is 424 g/mol. The van der Waals surface area contributed by atoms with Gasteiger partial charge in [0.15, 0.2) is 11.6 Å². The highest BCUT2D eigenvalue weighted by Crippen LogP contribution is 2.28. The number of ether oxygens (including phenoxy) is 1. The highest BCUT2D eigenvalue weighted by molar-refractivity contribution is 7.99. The number of nitrogens with one attached hydrogen (secondary N) is 2. The van der Waals surface area contributed by atoms with Crippen LogP contribution >= 0.6 is 11.8 Å². The Hall–Kier alpha value is -3.27. The summed E-state index contributed by atoms with van der Waals surface area (Å²) in [5.41, 5.74) is 2.02. The number of benzene rings is 1. The summed E-state index contributed by atoms with van der Waals surface area (Å²) in [6, 6.07) is 7.47. The van der Waals surface area contributed by atoms with Gasteiger partial charge in [0.1, 0.15) is 5.75 Å². The number of methoxy groups -OCH3 is 1. The summed E-state index contributed by atoms with van der Waals surface area (Å²) in [6.07, 6.45) is 2.70. The number of para-hydroxylation sites is 1. The van der Waals surface area contributed by atoms with Crippen LogP contribution in [0.2, 0.25) is 0 Å². The number of fused-ring (bicyclic) bond motifs is 1. The van der Waals surface area contributed by atoms with Crippen molar-refractivity contribution in [2.75, 3.05) is 18.2 Å². The van der Waals surface area contributed by atoms with Crippen LogP contribution in [0.4, 0.5) is 5.95 Å². The lowest BCUT2D eigenvalue weighted by Gasteiger charge is -2.19. The molecular weight excluding hydrogens is 404 g/mol. The minimum absolute atomic E-state index is 0.0487. The van der Waals surface area contributed by atoms with E-state index in [9.17, 15) is 9.59 Å². The van der Waals surface area contributed by atoms with Crippen molar-refractivity contribution in [3.05, 3.63) is 41.7 Å². The number of hydrogen-bond donors (Lipinski definition) is 2. The lowest BCUT2D eigenvalue weighted by atomic mass is 9.88. The van der Waals surface area contributed by atoms with Crippen molar-refractivity contribution in [3.63, 3.8) is 0 Å². The third-order valence-corrected chi connectivity index (χ3v) is 5.50.